The number of halogens is 1. The van der Waals surface area contributed by atoms with Gasteiger partial charge in [0.25, 0.3) is 5.91 Å². The molecular formula is C13H18BrNO2. The van der Waals surface area contributed by atoms with Crippen LogP contribution in [0.25, 0.3) is 0 Å². The summed E-state index contributed by atoms with van der Waals surface area (Å²) in [5.74, 6) is -0.0142. The number of hydrogen-bond donors (Lipinski definition) is 1. The lowest BCUT2D eigenvalue weighted by Crippen LogP contribution is -2.34. The number of aliphatic hydroxyl groups excluding tert-OH is 1. The van der Waals surface area contributed by atoms with E-state index in [2.05, 4.69) is 15.9 Å². The molecule has 0 aliphatic rings. The molecule has 0 aliphatic carbocycles. The van der Waals surface area contributed by atoms with E-state index in [-0.39, 0.29) is 12.5 Å². The molecule has 1 aromatic rings. The Morgan fingerprint density at radius 3 is 2.71 bits per heavy atom. The van der Waals surface area contributed by atoms with Crippen LogP contribution in [0, 0.1) is 6.92 Å². The quantitative estimate of drug-likeness (QED) is 0.908. The summed E-state index contributed by atoms with van der Waals surface area (Å²) in [7, 11) is 0. The third-order valence-corrected chi connectivity index (χ3v) is 3.07. The molecule has 1 N–H and O–H groups in total. The first-order valence-corrected chi connectivity index (χ1v) is 6.55. The zero-order valence-corrected chi connectivity index (χ0v) is 11.8. The lowest BCUT2D eigenvalue weighted by molar-refractivity contribution is 0.0721. The number of aliphatic hydroxyl groups is 1. The first-order valence-electron chi connectivity index (χ1n) is 5.76. The average molecular weight is 300 g/mol. The van der Waals surface area contributed by atoms with Crippen LogP contribution in [0.4, 0.5) is 0 Å². The minimum atomic E-state index is -0.0142. The summed E-state index contributed by atoms with van der Waals surface area (Å²) >= 11 is 3.37. The third kappa shape index (κ3) is 3.82. The monoisotopic (exact) mass is 299 g/mol. The molecule has 0 unspecified atom stereocenters. The maximum atomic E-state index is 12.3. The number of amides is 1. The molecule has 1 amide bonds. The van der Waals surface area contributed by atoms with Crippen LogP contribution in [-0.2, 0) is 0 Å². The zero-order valence-electron chi connectivity index (χ0n) is 10.2. The Morgan fingerprint density at radius 2 is 2.12 bits per heavy atom. The number of rotatable bonds is 5. The Hall–Kier alpha value is -0.870. The van der Waals surface area contributed by atoms with Crippen molar-refractivity contribution in [3.05, 3.63) is 33.8 Å². The van der Waals surface area contributed by atoms with Gasteiger partial charge in [0.15, 0.2) is 0 Å². The van der Waals surface area contributed by atoms with Crippen molar-refractivity contribution in [2.45, 2.75) is 20.3 Å². The van der Waals surface area contributed by atoms with Crippen LogP contribution in [0.15, 0.2) is 22.7 Å². The van der Waals surface area contributed by atoms with Gasteiger partial charge in [-0.1, -0.05) is 28.9 Å². The van der Waals surface area contributed by atoms with Crippen molar-refractivity contribution >= 4 is 21.8 Å². The Bertz CT molecular complexity index is 387. The summed E-state index contributed by atoms with van der Waals surface area (Å²) in [6.07, 6.45) is 0.888. The highest BCUT2D eigenvalue weighted by Gasteiger charge is 2.16. The van der Waals surface area contributed by atoms with Crippen LogP contribution in [0.2, 0.25) is 0 Å². The SMILES string of the molecule is CCCN(CCO)C(=O)c1cc(Br)ccc1C. The van der Waals surface area contributed by atoms with Crippen LogP contribution >= 0.6 is 15.9 Å². The molecule has 0 atom stereocenters. The summed E-state index contributed by atoms with van der Waals surface area (Å²) in [5.41, 5.74) is 1.65. The van der Waals surface area contributed by atoms with Gasteiger partial charge in [0.05, 0.1) is 6.61 Å². The van der Waals surface area contributed by atoms with Crippen molar-refractivity contribution in [1.29, 1.82) is 0 Å². The molecule has 0 aromatic heterocycles. The minimum absolute atomic E-state index is 0.00120. The largest absolute Gasteiger partial charge is 0.395 e. The van der Waals surface area contributed by atoms with E-state index in [0.717, 1.165) is 16.5 Å². The summed E-state index contributed by atoms with van der Waals surface area (Å²) in [6.45, 7) is 5.00. The van der Waals surface area contributed by atoms with Crippen molar-refractivity contribution in [1.82, 2.24) is 4.90 Å². The Balaban J connectivity index is 2.95. The molecule has 0 heterocycles. The lowest BCUT2D eigenvalue weighted by atomic mass is 10.1. The van der Waals surface area contributed by atoms with Crippen molar-refractivity contribution in [2.75, 3.05) is 19.7 Å². The van der Waals surface area contributed by atoms with E-state index >= 15 is 0 Å². The molecule has 0 bridgehead atoms. The topological polar surface area (TPSA) is 40.5 Å². The van der Waals surface area contributed by atoms with E-state index in [4.69, 9.17) is 5.11 Å². The molecule has 17 heavy (non-hydrogen) atoms. The van der Waals surface area contributed by atoms with Gasteiger partial charge in [0.1, 0.15) is 0 Å². The fourth-order valence-corrected chi connectivity index (χ4v) is 2.06. The standard InChI is InChI=1S/C13H18BrNO2/c1-3-6-15(7-8-16)13(17)12-9-11(14)5-4-10(12)2/h4-5,9,16H,3,6-8H2,1-2H3. The Morgan fingerprint density at radius 1 is 1.41 bits per heavy atom. The molecule has 3 nitrogen and oxygen atoms in total. The first kappa shape index (κ1) is 14.2. The molecular weight excluding hydrogens is 282 g/mol. The fraction of sp³-hybridized carbons (Fsp3) is 0.462. The molecule has 4 heteroatoms. The Kier molecular flexibility index (Phi) is 5.65. The molecule has 0 aliphatic heterocycles. The van der Waals surface area contributed by atoms with Gasteiger partial charge in [0.2, 0.25) is 0 Å². The highest BCUT2D eigenvalue weighted by molar-refractivity contribution is 9.10. The smallest absolute Gasteiger partial charge is 0.254 e. The van der Waals surface area contributed by atoms with E-state index in [1.165, 1.54) is 0 Å². The van der Waals surface area contributed by atoms with E-state index in [1.807, 2.05) is 32.0 Å². The third-order valence-electron chi connectivity index (χ3n) is 2.58. The number of nitrogens with zero attached hydrogens (tertiary/aromatic N) is 1. The number of carbonyl (C=O) groups excluding carboxylic acids is 1. The maximum absolute atomic E-state index is 12.3. The van der Waals surface area contributed by atoms with Gasteiger partial charge in [0, 0.05) is 23.1 Å². The fourth-order valence-electron chi connectivity index (χ4n) is 1.70. The van der Waals surface area contributed by atoms with E-state index in [0.29, 0.717) is 18.7 Å². The Labute approximate surface area is 111 Å². The molecule has 0 spiro atoms. The summed E-state index contributed by atoms with van der Waals surface area (Å²) in [5, 5.41) is 8.98. The molecule has 0 saturated heterocycles. The summed E-state index contributed by atoms with van der Waals surface area (Å²) < 4.78 is 0.895. The van der Waals surface area contributed by atoms with Crippen molar-refractivity contribution in [3.8, 4) is 0 Å². The van der Waals surface area contributed by atoms with Crippen molar-refractivity contribution in [3.63, 3.8) is 0 Å². The number of carbonyl (C=O) groups is 1. The number of benzene rings is 1. The highest BCUT2D eigenvalue weighted by atomic mass is 79.9. The molecule has 0 saturated carbocycles. The van der Waals surface area contributed by atoms with Crippen LogP contribution in [0.5, 0.6) is 0 Å². The summed E-state index contributed by atoms with van der Waals surface area (Å²) in [6, 6.07) is 5.67. The zero-order chi connectivity index (χ0) is 12.8. The van der Waals surface area contributed by atoms with Crippen molar-refractivity contribution in [2.24, 2.45) is 0 Å². The second kappa shape index (κ2) is 6.77. The van der Waals surface area contributed by atoms with E-state index in [1.54, 1.807) is 4.90 Å². The molecule has 1 aromatic carbocycles. The summed E-state index contributed by atoms with van der Waals surface area (Å²) in [4.78, 5) is 14.0. The molecule has 94 valence electrons. The molecule has 0 fully saturated rings. The van der Waals surface area contributed by atoms with Crippen LogP contribution in [0.3, 0.4) is 0 Å². The normalized spacial score (nSPS) is 10.4. The predicted molar refractivity (Wildman–Crippen MR) is 72.2 cm³/mol. The second-order valence-electron chi connectivity index (χ2n) is 3.98. The minimum Gasteiger partial charge on any atom is -0.395 e. The van der Waals surface area contributed by atoms with Gasteiger partial charge < -0.3 is 10.0 Å². The second-order valence-corrected chi connectivity index (χ2v) is 4.89. The first-order chi connectivity index (χ1) is 8.10. The van der Waals surface area contributed by atoms with Crippen LogP contribution in [-0.4, -0.2) is 35.6 Å². The van der Waals surface area contributed by atoms with Crippen LogP contribution < -0.4 is 0 Å². The lowest BCUT2D eigenvalue weighted by Gasteiger charge is -2.22. The molecule has 1 rings (SSSR count). The van der Waals surface area contributed by atoms with Gasteiger partial charge in [-0.05, 0) is 31.0 Å². The van der Waals surface area contributed by atoms with Gasteiger partial charge in [-0.25, -0.2) is 0 Å². The number of aryl methyl sites for hydroxylation is 1. The maximum Gasteiger partial charge on any atom is 0.254 e. The van der Waals surface area contributed by atoms with E-state index in [9.17, 15) is 4.79 Å². The van der Waals surface area contributed by atoms with Crippen LogP contribution in [0.1, 0.15) is 29.3 Å². The van der Waals surface area contributed by atoms with Gasteiger partial charge >= 0.3 is 0 Å². The average Bonchev–Trinajstić information content (AvgIpc) is 2.31. The van der Waals surface area contributed by atoms with Gasteiger partial charge in [-0.15, -0.1) is 0 Å². The van der Waals surface area contributed by atoms with Crippen molar-refractivity contribution < 1.29 is 9.90 Å². The predicted octanol–water partition coefficient (Wildman–Crippen LogP) is 2.60. The van der Waals surface area contributed by atoms with E-state index < -0.39 is 0 Å². The van der Waals surface area contributed by atoms with Gasteiger partial charge in [-0.3, -0.25) is 4.79 Å². The van der Waals surface area contributed by atoms with Gasteiger partial charge in [-0.2, -0.15) is 0 Å². The number of hydrogen-bond acceptors (Lipinski definition) is 2. The highest BCUT2D eigenvalue weighted by Crippen LogP contribution is 2.17. The molecule has 0 radical (unpaired) electrons.